The second-order valence-electron chi connectivity index (χ2n) is 8.75. The van der Waals surface area contributed by atoms with Crippen LogP contribution in [0.2, 0.25) is 0 Å². The van der Waals surface area contributed by atoms with Gasteiger partial charge in [0.15, 0.2) is 10.1 Å². The summed E-state index contributed by atoms with van der Waals surface area (Å²) >= 11 is 5.94. The van der Waals surface area contributed by atoms with E-state index in [1.807, 2.05) is 31.2 Å². The Bertz CT molecular complexity index is 1530. The van der Waals surface area contributed by atoms with E-state index in [9.17, 15) is 14.9 Å². The second kappa shape index (κ2) is 11.1. The summed E-state index contributed by atoms with van der Waals surface area (Å²) in [4.78, 5) is 31.6. The number of rotatable bonds is 6. The minimum Gasteiger partial charge on any atom is -0.384 e. The van der Waals surface area contributed by atoms with Gasteiger partial charge in [-0.15, -0.1) is 10.2 Å². The fraction of sp³-hybridized carbons (Fsp3) is 0.231. The molecule has 1 aromatic carbocycles. The number of pyridine rings is 1. The summed E-state index contributed by atoms with van der Waals surface area (Å²) in [6.45, 7) is 1.92. The average Bonchev–Trinajstić information content (AvgIpc) is 3.37. The van der Waals surface area contributed by atoms with Crippen molar-refractivity contribution in [3.63, 3.8) is 0 Å². The number of halogens is 1. The van der Waals surface area contributed by atoms with E-state index in [4.69, 9.17) is 5.73 Å². The molecule has 1 atom stereocenters. The maximum atomic E-state index is 13.2. The van der Waals surface area contributed by atoms with Crippen LogP contribution < -0.4 is 16.0 Å². The third kappa shape index (κ3) is 5.09. The first-order chi connectivity index (χ1) is 18.4. The highest BCUT2D eigenvalue weighted by atomic mass is 79.9. The highest BCUT2D eigenvalue weighted by Crippen LogP contribution is 2.46. The van der Waals surface area contributed by atoms with Crippen LogP contribution in [0.5, 0.6) is 0 Å². The molecule has 2 aliphatic rings. The fourth-order valence-corrected chi connectivity index (χ4v) is 6.77. The molecule has 1 unspecified atom stereocenters. The number of aryl methyl sites for hydroxylation is 1. The number of aromatic nitrogens is 3. The van der Waals surface area contributed by atoms with Gasteiger partial charge in [0.2, 0.25) is 11.0 Å². The Morgan fingerprint density at radius 1 is 1.34 bits per heavy atom. The first kappa shape index (κ1) is 26.1. The minimum absolute atomic E-state index is 0.00984. The van der Waals surface area contributed by atoms with Gasteiger partial charge in [-0.3, -0.25) is 19.5 Å². The summed E-state index contributed by atoms with van der Waals surface area (Å²) in [5.74, 6) is -0.367. The molecule has 1 aliphatic heterocycles. The van der Waals surface area contributed by atoms with Gasteiger partial charge >= 0.3 is 0 Å². The third-order valence-electron chi connectivity index (χ3n) is 6.31. The first-order valence-corrected chi connectivity index (χ1v) is 14.3. The van der Waals surface area contributed by atoms with Gasteiger partial charge in [0.05, 0.1) is 23.3 Å². The number of anilines is 2. The molecule has 38 heavy (non-hydrogen) atoms. The zero-order valence-electron chi connectivity index (χ0n) is 20.3. The maximum Gasteiger partial charge on any atom is 0.234 e. The van der Waals surface area contributed by atoms with E-state index in [-0.39, 0.29) is 28.8 Å². The standard InChI is InChI=1S/C26H22BrN7O2S2/c1-14-10-16(27)7-8-18(14)31-21(36)13-37-26-33-32-25(38-26)34-19-5-2-6-20(35)23(19)22(17(11-28)24(34)29)15-4-3-9-30-12-15/h3-4,7-10,12,22H,2,5-6,13,29H2,1H3,(H,31,36). The number of ketones is 1. The van der Waals surface area contributed by atoms with E-state index in [0.29, 0.717) is 34.3 Å². The lowest BCUT2D eigenvalue weighted by molar-refractivity contribution is -0.116. The van der Waals surface area contributed by atoms with Gasteiger partial charge < -0.3 is 11.1 Å². The van der Waals surface area contributed by atoms with Crippen molar-refractivity contribution < 1.29 is 9.59 Å². The molecular formula is C26H22BrN7O2S2. The molecule has 0 bridgehead atoms. The first-order valence-electron chi connectivity index (χ1n) is 11.8. The molecule has 1 amide bonds. The van der Waals surface area contributed by atoms with Crippen LogP contribution in [0.25, 0.3) is 0 Å². The van der Waals surface area contributed by atoms with Crippen LogP contribution in [-0.4, -0.2) is 32.6 Å². The Morgan fingerprint density at radius 2 is 2.18 bits per heavy atom. The quantitative estimate of drug-likeness (QED) is 0.369. The summed E-state index contributed by atoms with van der Waals surface area (Å²) < 4.78 is 1.52. The molecule has 5 rings (SSSR count). The Hall–Kier alpha value is -3.53. The van der Waals surface area contributed by atoms with Gasteiger partial charge in [0.25, 0.3) is 0 Å². The smallest absolute Gasteiger partial charge is 0.234 e. The number of amides is 1. The number of hydrogen-bond donors (Lipinski definition) is 2. The van der Waals surface area contributed by atoms with Crippen LogP contribution in [0, 0.1) is 18.3 Å². The molecule has 3 N–H and O–H groups in total. The largest absolute Gasteiger partial charge is 0.384 e. The Kier molecular flexibility index (Phi) is 7.60. The molecule has 3 heterocycles. The number of thioether (sulfide) groups is 1. The lowest BCUT2D eigenvalue weighted by Crippen LogP contribution is -2.38. The van der Waals surface area contributed by atoms with Crippen molar-refractivity contribution in [1.82, 2.24) is 15.2 Å². The number of nitriles is 1. The number of nitrogens with one attached hydrogen (secondary N) is 1. The van der Waals surface area contributed by atoms with Crippen molar-refractivity contribution in [2.75, 3.05) is 16.0 Å². The molecule has 12 heteroatoms. The van der Waals surface area contributed by atoms with Crippen LogP contribution in [0.15, 0.2) is 74.2 Å². The number of Topliss-reactive ketones (excluding diaryl/α,β-unsaturated/α-hetero) is 1. The lowest BCUT2D eigenvalue weighted by atomic mass is 9.76. The maximum absolute atomic E-state index is 13.2. The van der Waals surface area contributed by atoms with E-state index >= 15 is 0 Å². The van der Waals surface area contributed by atoms with Crippen LogP contribution in [-0.2, 0) is 9.59 Å². The summed E-state index contributed by atoms with van der Waals surface area (Å²) in [5, 5.41) is 22.0. The molecule has 3 aromatic rings. The summed E-state index contributed by atoms with van der Waals surface area (Å²) in [6, 6.07) is 11.5. The molecule has 1 aliphatic carbocycles. The fourth-order valence-electron chi connectivity index (χ4n) is 4.62. The van der Waals surface area contributed by atoms with E-state index in [1.54, 1.807) is 23.4 Å². The molecule has 9 nitrogen and oxygen atoms in total. The van der Waals surface area contributed by atoms with Gasteiger partial charge in [-0.05, 0) is 55.2 Å². The van der Waals surface area contributed by atoms with E-state index < -0.39 is 5.92 Å². The van der Waals surface area contributed by atoms with E-state index in [0.717, 1.165) is 27.0 Å². The number of carbonyl (C=O) groups excluding carboxylic acids is 2. The van der Waals surface area contributed by atoms with Gasteiger partial charge in [0, 0.05) is 40.2 Å². The van der Waals surface area contributed by atoms with Crippen molar-refractivity contribution >= 4 is 61.5 Å². The summed E-state index contributed by atoms with van der Waals surface area (Å²) in [6.07, 6.45) is 5.02. The van der Waals surface area contributed by atoms with Crippen molar-refractivity contribution in [3.8, 4) is 6.07 Å². The predicted octanol–water partition coefficient (Wildman–Crippen LogP) is 5.04. The van der Waals surface area contributed by atoms with Crippen LogP contribution in [0.3, 0.4) is 0 Å². The molecular weight excluding hydrogens is 586 g/mol. The highest BCUT2D eigenvalue weighted by molar-refractivity contribution is 9.10. The molecule has 0 saturated carbocycles. The topological polar surface area (TPSA) is 138 Å². The molecule has 0 radical (unpaired) electrons. The summed E-state index contributed by atoms with van der Waals surface area (Å²) in [5.41, 5.74) is 10.6. The Labute approximate surface area is 236 Å². The number of allylic oxidation sites excluding steroid dienone is 3. The number of benzene rings is 1. The van der Waals surface area contributed by atoms with Crippen molar-refractivity contribution in [2.45, 2.75) is 36.4 Å². The molecule has 0 fully saturated rings. The van der Waals surface area contributed by atoms with Crippen molar-refractivity contribution in [3.05, 3.63) is 81.0 Å². The second-order valence-corrected chi connectivity index (χ2v) is 11.8. The molecule has 0 spiro atoms. The van der Waals surface area contributed by atoms with E-state index in [2.05, 4.69) is 42.5 Å². The number of nitrogens with two attached hydrogens (primary N) is 1. The SMILES string of the molecule is Cc1cc(Br)ccc1NC(=O)CSc1nnc(N2C(N)=C(C#N)C(c3cccnc3)C3=C2CCCC3=O)s1. The van der Waals surface area contributed by atoms with E-state index in [1.165, 1.54) is 23.1 Å². The Balaban J connectivity index is 1.40. The van der Waals surface area contributed by atoms with Crippen molar-refractivity contribution in [2.24, 2.45) is 5.73 Å². The molecule has 192 valence electrons. The lowest BCUT2D eigenvalue weighted by Gasteiger charge is -2.37. The molecule has 0 saturated heterocycles. The zero-order chi connectivity index (χ0) is 26.8. The predicted molar refractivity (Wildman–Crippen MR) is 150 cm³/mol. The van der Waals surface area contributed by atoms with Crippen molar-refractivity contribution in [1.29, 1.82) is 5.26 Å². The van der Waals surface area contributed by atoms with Gasteiger partial charge in [-0.2, -0.15) is 5.26 Å². The summed E-state index contributed by atoms with van der Waals surface area (Å²) in [7, 11) is 0. The number of hydrogen-bond acceptors (Lipinski definition) is 10. The van der Waals surface area contributed by atoms with Gasteiger partial charge in [0.1, 0.15) is 5.82 Å². The number of carbonyl (C=O) groups is 2. The monoisotopic (exact) mass is 607 g/mol. The Morgan fingerprint density at radius 3 is 2.92 bits per heavy atom. The number of nitrogens with zero attached hydrogens (tertiary/aromatic N) is 5. The molecule has 2 aromatic heterocycles. The average molecular weight is 609 g/mol. The van der Waals surface area contributed by atoms with Gasteiger partial charge in [-0.1, -0.05) is 45.1 Å². The third-order valence-corrected chi connectivity index (χ3v) is 8.84. The minimum atomic E-state index is -0.569. The normalized spacial score (nSPS) is 17.3. The van der Waals surface area contributed by atoms with Crippen LogP contribution in [0.1, 0.15) is 36.3 Å². The zero-order valence-corrected chi connectivity index (χ0v) is 23.5. The highest BCUT2D eigenvalue weighted by Gasteiger charge is 2.41. The van der Waals surface area contributed by atoms with Crippen LogP contribution >= 0.6 is 39.0 Å². The van der Waals surface area contributed by atoms with Crippen LogP contribution in [0.4, 0.5) is 10.8 Å². The van der Waals surface area contributed by atoms with Gasteiger partial charge in [-0.25, -0.2) is 0 Å².